The second kappa shape index (κ2) is 5.42. The zero-order chi connectivity index (χ0) is 16.2. The monoisotopic (exact) mass is 440 g/mol. The minimum Gasteiger partial charge on any atom is -0.394 e. The first kappa shape index (κ1) is 16.1. The number of ether oxygens (including phenoxy) is 1. The van der Waals surface area contributed by atoms with Crippen LogP contribution in [0.1, 0.15) is 13.2 Å². The fraction of sp³-hybridized carbons (Fsp3) is 0.500. The van der Waals surface area contributed by atoms with Gasteiger partial charge >= 0.3 is 0 Å². The highest BCUT2D eigenvalue weighted by atomic mass is 127. The van der Waals surface area contributed by atoms with Crippen molar-refractivity contribution in [2.24, 2.45) is 0 Å². The van der Waals surface area contributed by atoms with Gasteiger partial charge in [0.2, 0.25) is 5.95 Å². The fourth-order valence-electron chi connectivity index (χ4n) is 2.65. The van der Waals surface area contributed by atoms with Crippen LogP contribution < -0.4 is 5.73 Å². The van der Waals surface area contributed by atoms with E-state index in [-0.39, 0.29) is 11.1 Å². The van der Waals surface area contributed by atoms with Gasteiger partial charge in [0.15, 0.2) is 6.23 Å². The third-order valence-corrected chi connectivity index (χ3v) is 4.88. The van der Waals surface area contributed by atoms with E-state index in [1.54, 1.807) is 10.8 Å². The van der Waals surface area contributed by atoms with Crippen molar-refractivity contribution in [3.05, 3.63) is 14.9 Å². The highest BCUT2D eigenvalue weighted by molar-refractivity contribution is 14.1. The molecule has 1 fully saturated rings. The van der Waals surface area contributed by atoms with Gasteiger partial charge in [0.25, 0.3) is 0 Å². The van der Waals surface area contributed by atoms with Crippen LogP contribution in [0.4, 0.5) is 5.95 Å². The summed E-state index contributed by atoms with van der Waals surface area (Å²) in [6, 6.07) is 0. The number of aliphatic hydroxyl groups is 3. The molecule has 2 aromatic rings. The molecule has 0 radical (unpaired) electrons. The van der Waals surface area contributed by atoms with Crippen LogP contribution in [0.25, 0.3) is 11.0 Å². The molecule has 0 aromatic carbocycles. The van der Waals surface area contributed by atoms with Crippen LogP contribution in [0.15, 0.2) is 6.20 Å². The number of nitrogen functional groups attached to an aromatic ring is 1. The Balaban J connectivity index is 2.19. The number of halogens is 2. The molecule has 1 aliphatic heterocycles. The van der Waals surface area contributed by atoms with Crippen LogP contribution >= 0.6 is 34.2 Å². The normalized spacial score (nSPS) is 32.0. The lowest BCUT2D eigenvalue weighted by Crippen LogP contribution is -2.44. The number of aromatic nitrogens is 3. The first-order valence-electron chi connectivity index (χ1n) is 6.43. The topological polar surface area (TPSA) is 127 Å². The molecule has 1 unspecified atom stereocenters. The Labute approximate surface area is 144 Å². The van der Waals surface area contributed by atoms with E-state index in [1.807, 2.05) is 0 Å². The molecule has 1 aliphatic rings. The summed E-state index contributed by atoms with van der Waals surface area (Å²) in [6.45, 7) is 1.02. The Morgan fingerprint density at radius 2 is 2.23 bits per heavy atom. The van der Waals surface area contributed by atoms with Gasteiger partial charge in [0.05, 0.1) is 12.0 Å². The molecule has 3 rings (SSSR count). The van der Waals surface area contributed by atoms with Gasteiger partial charge in [-0.3, -0.25) is 0 Å². The van der Waals surface area contributed by atoms with Crippen molar-refractivity contribution in [3.8, 4) is 0 Å². The zero-order valence-electron chi connectivity index (χ0n) is 11.4. The molecule has 0 amide bonds. The maximum Gasteiger partial charge on any atom is 0.223 e. The summed E-state index contributed by atoms with van der Waals surface area (Å²) in [4.78, 5) is 8.05. The van der Waals surface area contributed by atoms with E-state index < -0.39 is 30.6 Å². The van der Waals surface area contributed by atoms with Crippen LogP contribution in [0, 0.1) is 3.57 Å². The maximum atomic E-state index is 10.6. The summed E-state index contributed by atoms with van der Waals surface area (Å²) < 4.78 is 7.88. The van der Waals surface area contributed by atoms with Crippen LogP contribution in [0.3, 0.4) is 0 Å². The molecule has 5 N–H and O–H groups in total. The summed E-state index contributed by atoms with van der Waals surface area (Å²) in [5.41, 5.74) is 4.41. The van der Waals surface area contributed by atoms with Gasteiger partial charge in [-0.1, -0.05) is 11.6 Å². The molecule has 2 aromatic heterocycles. The molecular weight excluding hydrogens is 427 g/mol. The van der Waals surface area contributed by atoms with Crippen LogP contribution in [-0.2, 0) is 4.74 Å². The maximum absolute atomic E-state index is 10.6. The highest BCUT2D eigenvalue weighted by Gasteiger charge is 2.53. The number of hydrogen-bond donors (Lipinski definition) is 4. The zero-order valence-corrected chi connectivity index (χ0v) is 14.4. The lowest BCUT2D eigenvalue weighted by atomic mass is 9.96. The van der Waals surface area contributed by atoms with Crippen molar-refractivity contribution >= 4 is 51.2 Å². The smallest absolute Gasteiger partial charge is 0.223 e. The lowest BCUT2D eigenvalue weighted by molar-refractivity contribution is -0.0948. The average molecular weight is 441 g/mol. The second-order valence-corrected chi connectivity index (χ2v) is 6.86. The number of rotatable bonds is 2. The Kier molecular flexibility index (Phi) is 3.98. The highest BCUT2D eigenvalue weighted by Crippen LogP contribution is 2.41. The third kappa shape index (κ3) is 2.27. The molecule has 120 valence electrons. The van der Waals surface area contributed by atoms with Gasteiger partial charge in [-0.05, 0) is 29.5 Å². The van der Waals surface area contributed by atoms with E-state index in [2.05, 4.69) is 32.6 Å². The van der Waals surface area contributed by atoms with Gasteiger partial charge in [-0.15, -0.1) is 0 Å². The van der Waals surface area contributed by atoms with Crippen molar-refractivity contribution in [1.82, 2.24) is 14.5 Å². The number of fused-ring (bicyclic) bond motifs is 1. The molecule has 4 atom stereocenters. The predicted molar refractivity (Wildman–Crippen MR) is 87.3 cm³/mol. The molecule has 8 nitrogen and oxygen atoms in total. The Morgan fingerprint density at radius 1 is 1.55 bits per heavy atom. The van der Waals surface area contributed by atoms with Crippen molar-refractivity contribution in [3.63, 3.8) is 0 Å². The molecule has 0 saturated carbocycles. The van der Waals surface area contributed by atoms with E-state index in [4.69, 9.17) is 22.1 Å². The number of anilines is 1. The van der Waals surface area contributed by atoms with E-state index in [1.165, 1.54) is 6.92 Å². The van der Waals surface area contributed by atoms with Crippen LogP contribution in [0.5, 0.6) is 0 Å². The second-order valence-electron chi connectivity index (χ2n) is 5.34. The molecule has 3 heterocycles. The van der Waals surface area contributed by atoms with E-state index in [9.17, 15) is 15.3 Å². The standard InChI is InChI=1S/C12H14ClIN4O4/c1-12(21)7(20)5(3-19)22-10(12)18-2-4(14)6-8(13)16-11(15)17-9(6)18/h2,5,7,10,19-21H,3H2,1H3,(H2,15,16,17)/t5-,7-,10?,12-/m1/s1. The average Bonchev–Trinajstić information content (AvgIpc) is 2.86. The number of nitrogens with zero attached hydrogens (tertiary/aromatic N) is 3. The third-order valence-electron chi connectivity index (χ3n) is 3.79. The molecule has 10 heteroatoms. The van der Waals surface area contributed by atoms with E-state index in [0.717, 1.165) is 3.57 Å². The van der Waals surface area contributed by atoms with Gasteiger partial charge in [-0.25, -0.2) is 4.98 Å². The summed E-state index contributed by atoms with van der Waals surface area (Å²) in [6.07, 6.45) is -1.41. The minimum atomic E-state index is -1.62. The van der Waals surface area contributed by atoms with Crippen LogP contribution in [-0.4, -0.2) is 54.3 Å². The van der Waals surface area contributed by atoms with Crippen molar-refractivity contribution in [2.75, 3.05) is 12.3 Å². The lowest BCUT2D eigenvalue weighted by Gasteiger charge is -2.27. The van der Waals surface area contributed by atoms with Gasteiger partial charge in [0.1, 0.15) is 28.6 Å². The largest absolute Gasteiger partial charge is 0.394 e. The van der Waals surface area contributed by atoms with Gasteiger partial charge in [0, 0.05) is 9.77 Å². The summed E-state index contributed by atoms with van der Waals surface area (Å²) >= 11 is 8.16. The van der Waals surface area contributed by atoms with Crippen molar-refractivity contribution in [1.29, 1.82) is 0 Å². The summed E-state index contributed by atoms with van der Waals surface area (Å²) in [7, 11) is 0. The molecule has 0 spiro atoms. The molecule has 0 bridgehead atoms. The number of nitrogens with two attached hydrogens (primary N) is 1. The Bertz CT molecular complexity index is 737. The molecule has 22 heavy (non-hydrogen) atoms. The minimum absolute atomic E-state index is 0.00912. The molecule has 0 aliphatic carbocycles. The number of aliphatic hydroxyl groups excluding tert-OH is 2. The summed E-state index contributed by atoms with van der Waals surface area (Å²) in [5.74, 6) is -0.00912. The Hall–Kier alpha value is -0.720. The molecule has 1 saturated heterocycles. The quantitative estimate of drug-likeness (QED) is 0.390. The molecular formula is C12H14ClIN4O4. The predicted octanol–water partition coefficient (Wildman–Crippen LogP) is 0.273. The fourth-order valence-corrected chi connectivity index (χ4v) is 3.88. The Morgan fingerprint density at radius 3 is 2.82 bits per heavy atom. The van der Waals surface area contributed by atoms with Crippen LogP contribution in [0.2, 0.25) is 5.15 Å². The van der Waals surface area contributed by atoms with Gasteiger partial charge in [-0.2, -0.15) is 4.98 Å². The SMILES string of the molecule is C[C@]1(O)C(n2cc(I)c3c(Cl)nc(N)nc32)O[C@H](CO)[C@H]1O. The number of hydrogen-bond acceptors (Lipinski definition) is 7. The first-order chi connectivity index (χ1) is 10.3. The van der Waals surface area contributed by atoms with E-state index in [0.29, 0.717) is 11.0 Å². The van der Waals surface area contributed by atoms with Crippen molar-refractivity contribution < 1.29 is 20.1 Å². The first-order valence-corrected chi connectivity index (χ1v) is 7.88. The van der Waals surface area contributed by atoms with E-state index >= 15 is 0 Å². The van der Waals surface area contributed by atoms with Crippen molar-refractivity contribution in [2.45, 2.75) is 31.0 Å². The summed E-state index contributed by atoms with van der Waals surface area (Å²) in [5, 5.41) is 30.7. The van der Waals surface area contributed by atoms with Gasteiger partial charge < -0.3 is 30.4 Å².